The molecule has 1 saturated carbocycles. The summed E-state index contributed by atoms with van der Waals surface area (Å²) < 4.78 is 0. The van der Waals surface area contributed by atoms with Crippen LogP contribution in [-0.2, 0) is 0 Å². The van der Waals surface area contributed by atoms with Crippen molar-refractivity contribution in [3.63, 3.8) is 0 Å². The predicted octanol–water partition coefficient (Wildman–Crippen LogP) is 5.12. The standard InChI is InChI=1S/C10H18N4.C6H13N.C6H12/c1-5-14(4)10-6-9(7(2)11)12-8(3)13-10;1-3-5-6-7-4-2;1-2-4-6-5-3-1/h6-7H,5,11H2,1-4H3;4,7H,2-3,5-6H2,1H3;1-6H2. The molecular weight excluding hydrogens is 334 g/mol. The molecule has 5 nitrogen and oxygen atoms in total. The van der Waals surface area contributed by atoms with Crippen LogP contribution in [0.5, 0.6) is 0 Å². The minimum atomic E-state index is -0.0410. The van der Waals surface area contributed by atoms with Gasteiger partial charge in [0, 0.05) is 32.2 Å². The molecule has 1 unspecified atom stereocenters. The number of unbranched alkanes of at least 4 members (excludes halogenated alkanes) is 1. The monoisotopic (exact) mass is 377 g/mol. The van der Waals surface area contributed by atoms with E-state index in [0.29, 0.717) is 0 Å². The van der Waals surface area contributed by atoms with E-state index in [-0.39, 0.29) is 6.04 Å². The fourth-order valence-corrected chi connectivity index (χ4v) is 2.61. The highest BCUT2D eigenvalue weighted by atomic mass is 15.2. The van der Waals surface area contributed by atoms with Crippen molar-refractivity contribution in [3.8, 4) is 0 Å². The first kappa shape index (κ1) is 25.4. The van der Waals surface area contributed by atoms with Crippen molar-refractivity contribution in [1.29, 1.82) is 0 Å². The number of rotatable bonds is 7. The van der Waals surface area contributed by atoms with Crippen molar-refractivity contribution in [2.45, 2.75) is 85.1 Å². The molecule has 0 aliphatic heterocycles. The average molecular weight is 378 g/mol. The van der Waals surface area contributed by atoms with E-state index in [9.17, 15) is 0 Å². The van der Waals surface area contributed by atoms with Crippen molar-refractivity contribution in [2.24, 2.45) is 5.73 Å². The summed E-state index contributed by atoms with van der Waals surface area (Å²) in [6, 6.07) is 1.90. The molecule has 156 valence electrons. The maximum absolute atomic E-state index is 5.78. The van der Waals surface area contributed by atoms with Gasteiger partial charge in [0.05, 0.1) is 5.69 Å². The number of nitrogens with one attached hydrogen (secondary N) is 1. The Hall–Kier alpha value is -1.62. The van der Waals surface area contributed by atoms with Gasteiger partial charge in [-0.25, -0.2) is 9.97 Å². The molecule has 1 aliphatic carbocycles. The van der Waals surface area contributed by atoms with Crippen molar-refractivity contribution < 1.29 is 0 Å². The third kappa shape index (κ3) is 13.2. The second-order valence-corrected chi connectivity index (χ2v) is 7.13. The number of nitrogens with zero attached hydrogens (tertiary/aromatic N) is 3. The van der Waals surface area contributed by atoms with Crippen LogP contribution in [0.25, 0.3) is 0 Å². The van der Waals surface area contributed by atoms with Crippen LogP contribution < -0.4 is 16.0 Å². The molecule has 1 fully saturated rings. The summed E-state index contributed by atoms with van der Waals surface area (Å²) >= 11 is 0. The Morgan fingerprint density at radius 1 is 1.19 bits per heavy atom. The molecule has 1 aromatic rings. The van der Waals surface area contributed by atoms with E-state index < -0.39 is 0 Å². The lowest BCUT2D eigenvalue weighted by molar-refractivity contribution is 0.504. The first-order valence-corrected chi connectivity index (χ1v) is 10.6. The Morgan fingerprint density at radius 3 is 2.15 bits per heavy atom. The summed E-state index contributed by atoms with van der Waals surface area (Å²) in [4.78, 5) is 10.7. The van der Waals surface area contributed by atoms with Gasteiger partial charge in [0.15, 0.2) is 0 Å². The van der Waals surface area contributed by atoms with Crippen LogP contribution in [0.1, 0.15) is 89.7 Å². The second-order valence-electron chi connectivity index (χ2n) is 7.13. The zero-order chi connectivity index (χ0) is 20.5. The summed E-state index contributed by atoms with van der Waals surface area (Å²) in [5.74, 6) is 1.71. The summed E-state index contributed by atoms with van der Waals surface area (Å²) in [6.07, 6.45) is 13.2. The highest BCUT2D eigenvalue weighted by molar-refractivity contribution is 5.39. The van der Waals surface area contributed by atoms with E-state index in [1.54, 1.807) is 6.20 Å². The summed E-state index contributed by atoms with van der Waals surface area (Å²) in [5.41, 5.74) is 6.68. The lowest BCUT2D eigenvalue weighted by Crippen LogP contribution is -2.19. The average Bonchev–Trinajstić information content (AvgIpc) is 2.69. The highest BCUT2D eigenvalue weighted by Gasteiger charge is 2.07. The van der Waals surface area contributed by atoms with Crippen LogP contribution in [0.3, 0.4) is 0 Å². The minimum absolute atomic E-state index is 0.0410. The first-order valence-electron chi connectivity index (χ1n) is 10.6. The van der Waals surface area contributed by atoms with Gasteiger partial charge in [-0.3, -0.25) is 0 Å². The normalized spacial score (nSPS) is 14.0. The Balaban J connectivity index is 0.000000432. The summed E-state index contributed by atoms with van der Waals surface area (Å²) in [5, 5.41) is 3.01. The number of hydrogen-bond acceptors (Lipinski definition) is 5. The smallest absolute Gasteiger partial charge is 0.132 e. The zero-order valence-corrected chi connectivity index (χ0v) is 18.4. The lowest BCUT2D eigenvalue weighted by Gasteiger charge is -2.17. The quantitative estimate of drug-likeness (QED) is 0.645. The van der Waals surface area contributed by atoms with Gasteiger partial charge in [-0.05, 0) is 33.4 Å². The van der Waals surface area contributed by atoms with Crippen molar-refractivity contribution in [3.05, 3.63) is 30.4 Å². The zero-order valence-electron chi connectivity index (χ0n) is 18.4. The predicted molar refractivity (Wildman–Crippen MR) is 119 cm³/mol. The summed E-state index contributed by atoms with van der Waals surface area (Å²) in [7, 11) is 2.01. The van der Waals surface area contributed by atoms with Crippen molar-refractivity contribution >= 4 is 5.82 Å². The van der Waals surface area contributed by atoms with Crippen LogP contribution in [-0.4, -0.2) is 30.1 Å². The van der Waals surface area contributed by atoms with E-state index >= 15 is 0 Å². The molecule has 0 radical (unpaired) electrons. The van der Waals surface area contributed by atoms with Crippen molar-refractivity contribution in [2.75, 3.05) is 25.0 Å². The molecule has 1 aliphatic rings. The maximum Gasteiger partial charge on any atom is 0.132 e. The van der Waals surface area contributed by atoms with E-state index in [1.807, 2.05) is 27.0 Å². The maximum atomic E-state index is 5.78. The van der Waals surface area contributed by atoms with Gasteiger partial charge >= 0.3 is 0 Å². The topological polar surface area (TPSA) is 67.1 Å². The molecule has 0 aromatic carbocycles. The third-order valence-corrected chi connectivity index (χ3v) is 4.50. The molecule has 2 rings (SSSR count). The minimum Gasteiger partial charge on any atom is -0.391 e. The largest absolute Gasteiger partial charge is 0.391 e. The molecule has 0 amide bonds. The van der Waals surface area contributed by atoms with Gasteiger partial charge in [-0.2, -0.15) is 0 Å². The van der Waals surface area contributed by atoms with Gasteiger partial charge in [-0.1, -0.05) is 58.4 Å². The van der Waals surface area contributed by atoms with E-state index in [2.05, 4.69) is 40.6 Å². The number of hydrogen-bond donors (Lipinski definition) is 2. The number of aryl methyl sites for hydroxylation is 1. The number of aromatic nitrogens is 2. The lowest BCUT2D eigenvalue weighted by atomic mass is 10.0. The van der Waals surface area contributed by atoms with Crippen LogP contribution >= 0.6 is 0 Å². The van der Waals surface area contributed by atoms with Crippen LogP contribution in [0, 0.1) is 6.92 Å². The molecule has 0 saturated heterocycles. The van der Waals surface area contributed by atoms with Gasteiger partial charge in [0.2, 0.25) is 0 Å². The molecule has 3 N–H and O–H groups in total. The molecule has 0 spiro atoms. The summed E-state index contributed by atoms with van der Waals surface area (Å²) in [6.45, 7) is 13.6. The van der Waals surface area contributed by atoms with E-state index in [1.165, 1.54) is 51.4 Å². The molecule has 1 aromatic heterocycles. The van der Waals surface area contributed by atoms with Gasteiger partial charge in [0.25, 0.3) is 0 Å². The van der Waals surface area contributed by atoms with Crippen LogP contribution in [0.2, 0.25) is 0 Å². The number of nitrogens with two attached hydrogens (primary N) is 1. The molecular formula is C22H43N5. The number of anilines is 1. The Labute approximate surface area is 167 Å². The van der Waals surface area contributed by atoms with Crippen LogP contribution in [0.15, 0.2) is 18.8 Å². The fourth-order valence-electron chi connectivity index (χ4n) is 2.61. The molecule has 5 heteroatoms. The fraction of sp³-hybridized carbons (Fsp3) is 0.727. The third-order valence-electron chi connectivity index (χ3n) is 4.50. The highest BCUT2D eigenvalue weighted by Crippen LogP contribution is 2.15. The molecule has 1 atom stereocenters. The molecule has 27 heavy (non-hydrogen) atoms. The van der Waals surface area contributed by atoms with E-state index in [4.69, 9.17) is 5.73 Å². The van der Waals surface area contributed by atoms with Gasteiger partial charge in [-0.15, -0.1) is 0 Å². The Bertz CT molecular complexity index is 472. The molecule has 1 heterocycles. The second kappa shape index (κ2) is 16.5. The Morgan fingerprint density at radius 2 is 1.74 bits per heavy atom. The van der Waals surface area contributed by atoms with Gasteiger partial charge in [0.1, 0.15) is 11.6 Å². The first-order chi connectivity index (χ1) is 13.0. The Kier molecular flexibility index (Phi) is 15.6. The van der Waals surface area contributed by atoms with E-state index in [0.717, 1.165) is 30.4 Å². The van der Waals surface area contributed by atoms with Crippen LogP contribution in [0.4, 0.5) is 5.82 Å². The van der Waals surface area contributed by atoms with Crippen molar-refractivity contribution in [1.82, 2.24) is 15.3 Å². The SMILES string of the molecule is C1CCCCC1.C=CNCCCC.CCN(C)c1cc(C(C)N)nc(C)n1. The molecule has 0 bridgehead atoms. The van der Waals surface area contributed by atoms with Gasteiger partial charge < -0.3 is 16.0 Å².